The fourth-order valence-corrected chi connectivity index (χ4v) is 5.43. The maximum atomic E-state index is 15.2. The van der Waals surface area contributed by atoms with Gasteiger partial charge in [-0.15, -0.1) is 0 Å². The fourth-order valence-electron chi connectivity index (χ4n) is 5.43. The van der Waals surface area contributed by atoms with E-state index in [2.05, 4.69) is 11.8 Å². The molecule has 0 unspecified atom stereocenters. The van der Waals surface area contributed by atoms with Crippen LogP contribution in [-0.4, -0.2) is 66.9 Å². The largest absolute Gasteiger partial charge is 1.00 e. The second-order valence-electron chi connectivity index (χ2n) is 10.8. The van der Waals surface area contributed by atoms with Gasteiger partial charge in [0.05, 0.1) is 12.1 Å². The molecule has 4 aromatic rings. The Bertz CT molecular complexity index is 1730. The molecule has 3 aromatic carbocycles. The molecule has 0 atom stereocenters. The van der Waals surface area contributed by atoms with Crippen LogP contribution in [-0.2, 0) is 29.0 Å². The van der Waals surface area contributed by atoms with Gasteiger partial charge in [-0.25, -0.2) is 8.78 Å². The number of hydrogen-bond acceptors (Lipinski definition) is 5. The fraction of sp³-hybridized carbons (Fsp3) is 0.333. The minimum atomic E-state index is -1.17. The van der Waals surface area contributed by atoms with E-state index in [0.29, 0.717) is 59.3 Å². The molecule has 294 valence electrons. The van der Waals surface area contributed by atoms with Crippen LogP contribution in [0.5, 0.6) is 5.75 Å². The molecule has 0 aliphatic heterocycles. The van der Waals surface area contributed by atoms with Gasteiger partial charge in [0.2, 0.25) is 0 Å². The Morgan fingerprint density at radius 1 is 0.704 bits per heavy atom. The SMILES string of the molecule is Cc1c(F)cccc1CCCCOc1ccc(C#Cc2ccc(F)c3c(CCCC(=O)[O-])c(C)n(CCCC(=O)[O-])c23)cc1.O.O.O.O.O.O.O.O.[Na+].[Na+]. The van der Waals surface area contributed by atoms with E-state index >= 15 is 4.39 Å². The van der Waals surface area contributed by atoms with Gasteiger partial charge in [0.25, 0.3) is 0 Å². The summed E-state index contributed by atoms with van der Waals surface area (Å²) in [6.07, 6.45) is 3.13. The predicted octanol–water partition coefficient (Wildman–Crippen LogP) is -7.65. The first-order valence-electron chi connectivity index (χ1n) is 14.8. The number of hydrogen-bond donors (Lipinski definition) is 0. The van der Waals surface area contributed by atoms with Crippen LogP contribution in [0.1, 0.15) is 72.0 Å². The Morgan fingerprint density at radius 2 is 1.30 bits per heavy atom. The number of carbonyl (C=O) groups is 2. The van der Waals surface area contributed by atoms with E-state index in [1.54, 1.807) is 19.1 Å². The predicted molar refractivity (Wildman–Crippen MR) is 190 cm³/mol. The standard InChI is InChI=1S/C36H37F2NO5.2Na.8H2O/c1-24-27(9-5-11-31(24)37)8-3-4-23-44-29-19-15-26(16-20-29)14-17-28-18-21-32(38)35-30(10-6-12-33(40)41)25(2)39(36(28)35)22-7-13-34(42)43;;;;;;;;;;/h5,9,11,15-16,18-21H,3-4,6-8,10,12-13,22-23H2,1-2H3,(H,40,41)(H,42,43);;;8*1H2/q;2*+1;;;;;;;;/p-2. The quantitative estimate of drug-likeness (QED) is 0.0681. The molecule has 18 heteroatoms. The number of ether oxygens (including phenoxy) is 1. The normalized spacial score (nSPS) is 8.89. The zero-order valence-electron chi connectivity index (χ0n) is 31.0. The van der Waals surface area contributed by atoms with E-state index in [4.69, 9.17) is 4.74 Å². The van der Waals surface area contributed by atoms with Crippen LogP contribution in [0.25, 0.3) is 10.9 Å². The molecule has 54 heavy (non-hydrogen) atoms. The van der Waals surface area contributed by atoms with Crippen molar-refractivity contribution in [1.29, 1.82) is 0 Å². The van der Waals surface area contributed by atoms with Gasteiger partial charge in [-0.3, -0.25) is 0 Å². The molecule has 0 amide bonds. The van der Waals surface area contributed by atoms with E-state index in [0.717, 1.165) is 36.1 Å². The molecular weight excluding hydrogens is 738 g/mol. The molecule has 0 radical (unpaired) electrons. The minimum absolute atomic E-state index is 0. The van der Waals surface area contributed by atoms with Crippen molar-refractivity contribution in [1.82, 2.24) is 4.57 Å². The van der Waals surface area contributed by atoms with Gasteiger partial charge < -0.3 is 72.9 Å². The van der Waals surface area contributed by atoms with Crippen LogP contribution >= 0.6 is 0 Å². The molecule has 14 nitrogen and oxygen atoms in total. The van der Waals surface area contributed by atoms with E-state index in [-0.39, 0.29) is 128 Å². The van der Waals surface area contributed by atoms with Crippen LogP contribution in [0, 0.1) is 37.3 Å². The second kappa shape index (κ2) is 32.3. The summed E-state index contributed by atoms with van der Waals surface area (Å²) in [6.45, 7) is 4.48. The Morgan fingerprint density at radius 3 is 1.89 bits per heavy atom. The maximum absolute atomic E-state index is 15.2. The number of nitrogens with zero attached hydrogens (tertiary/aromatic N) is 1. The van der Waals surface area contributed by atoms with Crippen molar-refractivity contribution in [2.45, 2.75) is 71.8 Å². The summed E-state index contributed by atoms with van der Waals surface area (Å²) in [4.78, 5) is 22.0. The first kappa shape index (κ1) is 65.9. The summed E-state index contributed by atoms with van der Waals surface area (Å²) in [6, 6.07) is 15.5. The van der Waals surface area contributed by atoms with Gasteiger partial charge in [0.1, 0.15) is 17.4 Å². The van der Waals surface area contributed by atoms with Gasteiger partial charge in [-0.2, -0.15) is 0 Å². The molecule has 0 bridgehead atoms. The number of unbranched alkanes of at least 4 members (excludes halogenated alkanes) is 1. The Hall–Kier alpha value is -2.96. The third-order valence-electron chi connectivity index (χ3n) is 7.80. The van der Waals surface area contributed by atoms with Crippen molar-refractivity contribution < 1.29 is 136 Å². The third kappa shape index (κ3) is 18.1. The molecule has 0 aliphatic carbocycles. The average molecular weight is 790 g/mol. The van der Waals surface area contributed by atoms with Crippen molar-refractivity contribution in [3.63, 3.8) is 0 Å². The third-order valence-corrected chi connectivity index (χ3v) is 7.80. The van der Waals surface area contributed by atoms with Gasteiger partial charge in [0, 0.05) is 40.7 Å². The number of aryl methyl sites for hydroxylation is 3. The molecule has 16 N–H and O–H groups in total. The van der Waals surface area contributed by atoms with Gasteiger partial charge in [-0.05, 0) is 124 Å². The number of halogens is 2. The number of carboxylic acid groups (broad SMARTS) is 2. The van der Waals surface area contributed by atoms with Crippen molar-refractivity contribution in [2.24, 2.45) is 0 Å². The van der Waals surface area contributed by atoms with Crippen LogP contribution in [0.4, 0.5) is 8.78 Å². The average Bonchev–Trinajstić information content (AvgIpc) is 3.27. The van der Waals surface area contributed by atoms with E-state index in [9.17, 15) is 24.2 Å². The Balaban J connectivity index is -0.000000442. The van der Waals surface area contributed by atoms with Crippen LogP contribution in [0.15, 0.2) is 54.6 Å². The van der Waals surface area contributed by atoms with Crippen LogP contribution in [0.3, 0.4) is 0 Å². The number of aliphatic carboxylic acids is 2. The van der Waals surface area contributed by atoms with E-state index < -0.39 is 17.8 Å². The van der Waals surface area contributed by atoms with E-state index in [1.807, 2.05) is 41.8 Å². The zero-order chi connectivity index (χ0) is 31.6. The number of aromatic nitrogens is 1. The number of fused-ring (bicyclic) bond motifs is 1. The van der Waals surface area contributed by atoms with Crippen molar-refractivity contribution in [2.75, 3.05) is 6.61 Å². The van der Waals surface area contributed by atoms with Gasteiger partial charge in [-0.1, -0.05) is 24.0 Å². The molecule has 0 fully saturated rings. The summed E-state index contributed by atoms with van der Waals surface area (Å²) < 4.78 is 36.7. The number of carboxylic acids is 2. The first-order valence-corrected chi connectivity index (χ1v) is 14.8. The van der Waals surface area contributed by atoms with Crippen molar-refractivity contribution in [3.05, 3.63) is 99.7 Å². The van der Waals surface area contributed by atoms with Crippen LogP contribution < -0.4 is 74.1 Å². The summed E-state index contributed by atoms with van der Waals surface area (Å²) in [7, 11) is 0. The summed E-state index contributed by atoms with van der Waals surface area (Å²) in [5.41, 5.74) is 5.01. The molecule has 0 spiro atoms. The summed E-state index contributed by atoms with van der Waals surface area (Å²) in [5, 5.41) is 22.4. The van der Waals surface area contributed by atoms with E-state index in [1.165, 1.54) is 12.1 Å². The minimum Gasteiger partial charge on any atom is -0.550 e. The number of carbonyl (C=O) groups excluding carboxylic acids is 2. The second-order valence-corrected chi connectivity index (χ2v) is 10.8. The molecule has 0 aliphatic rings. The number of benzene rings is 3. The summed E-state index contributed by atoms with van der Waals surface area (Å²) in [5.74, 6) is 4.04. The van der Waals surface area contributed by atoms with Gasteiger partial charge >= 0.3 is 59.1 Å². The monoisotopic (exact) mass is 789 g/mol. The Labute approximate surface area is 357 Å². The van der Waals surface area contributed by atoms with Crippen molar-refractivity contribution >= 4 is 22.8 Å². The van der Waals surface area contributed by atoms with Crippen molar-refractivity contribution in [3.8, 4) is 17.6 Å². The number of rotatable bonds is 14. The van der Waals surface area contributed by atoms with Crippen LogP contribution in [0.2, 0.25) is 0 Å². The first-order chi connectivity index (χ1) is 21.2. The molecule has 0 saturated carbocycles. The van der Waals surface area contributed by atoms with Gasteiger partial charge in [0.15, 0.2) is 0 Å². The maximum Gasteiger partial charge on any atom is 1.00 e. The molecular formula is C36H51F2NNa2O13. The topological polar surface area (TPSA) is 346 Å². The Kier molecular flexibility index (Phi) is 39.4. The molecule has 4 rings (SSSR count). The molecule has 1 heterocycles. The zero-order valence-corrected chi connectivity index (χ0v) is 35.0. The molecule has 1 aromatic heterocycles. The molecule has 0 saturated heterocycles. The smallest absolute Gasteiger partial charge is 0.550 e. The summed E-state index contributed by atoms with van der Waals surface area (Å²) >= 11 is 0.